The topological polar surface area (TPSA) is 115 Å². The summed E-state index contributed by atoms with van der Waals surface area (Å²) in [7, 11) is 0. The molecular formula is C6H12N2O5S. The fourth-order valence-corrected chi connectivity index (χ4v) is 1.10. The summed E-state index contributed by atoms with van der Waals surface area (Å²) in [6.45, 7) is -0.459. The average Bonchev–Trinajstić information content (AvgIpc) is 2.10. The summed E-state index contributed by atoms with van der Waals surface area (Å²) >= 11 is 3.62. The molecule has 0 aromatic heterocycles. The third-order valence-electron chi connectivity index (χ3n) is 1.67. The highest BCUT2D eigenvalue weighted by atomic mass is 32.1. The Balaban J connectivity index is 2.53. The van der Waals surface area contributed by atoms with Crippen LogP contribution >= 0.6 is 12.6 Å². The fourth-order valence-electron chi connectivity index (χ4n) is 0.993. The van der Waals surface area contributed by atoms with Gasteiger partial charge >= 0.3 is 0 Å². The highest BCUT2D eigenvalue weighted by molar-refractivity contribution is 7.96. The Kier molecular flexibility index (Phi) is 4.11. The van der Waals surface area contributed by atoms with E-state index in [1.807, 2.05) is 0 Å². The van der Waals surface area contributed by atoms with Gasteiger partial charge in [0, 0.05) is 0 Å². The lowest BCUT2D eigenvalue weighted by molar-refractivity contribution is -0.341. The maximum atomic E-state index is 9.23. The molecule has 0 radical (unpaired) electrons. The highest BCUT2D eigenvalue weighted by Gasteiger charge is 2.37. The second-order valence-electron chi connectivity index (χ2n) is 2.70. The third kappa shape index (κ3) is 2.80. The van der Waals surface area contributed by atoms with Crippen molar-refractivity contribution < 1.29 is 24.8 Å². The van der Waals surface area contributed by atoms with Crippen LogP contribution in [0.1, 0.15) is 0 Å². The van der Waals surface area contributed by atoms with Gasteiger partial charge in [-0.2, -0.15) is 0 Å². The lowest BCUT2D eigenvalue weighted by atomic mass is 10.2. The van der Waals surface area contributed by atoms with Crippen LogP contribution in [0.25, 0.3) is 0 Å². The molecule has 5 N–H and O–H groups in total. The second kappa shape index (κ2) is 4.91. The van der Waals surface area contributed by atoms with E-state index in [4.69, 9.17) is 25.1 Å². The van der Waals surface area contributed by atoms with Crippen molar-refractivity contribution in [1.29, 1.82) is 5.41 Å². The lowest BCUT2D eigenvalue weighted by Gasteiger charge is -2.36. The fraction of sp³-hybridized carbons (Fsp3) is 0.833. The quantitative estimate of drug-likeness (QED) is 0.180. The first-order valence-corrected chi connectivity index (χ1v) is 4.31. The zero-order chi connectivity index (χ0) is 10.7. The Morgan fingerprint density at radius 2 is 2.07 bits per heavy atom. The molecule has 0 aromatic rings. The molecule has 1 aliphatic rings. The number of rotatable bonds is 2. The second-order valence-corrected chi connectivity index (χ2v) is 3.15. The molecule has 1 heterocycles. The van der Waals surface area contributed by atoms with Gasteiger partial charge in [-0.25, -0.2) is 0 Å². The van der Waals surface area contributed by atoms with Gasteiger partial charge in [0.15, 0.2) is 11.5 Å². The Hall–Kier alpha value is -0.380. The molecule has 4 atom stereocenters. The highest BCUT2D eigenvalue weighted by Crippen LogP contribution is 2.16. The normalized spacial score (nSPS) is 38.0. The van der Waals surface area contributed by atoms with Crippen LogP contribution in [0, 0.1) is 5.41 Å². The standard InChI is InChI=1S/C6H12N2O5S/c7-5(14)8-6-12-2(1-9)3(10)4(11)13-6/h2-4,6,9-11H,1H2,(H3,7,8,14)/t2?,3-,4?,6+/m1/s1. The van der Waals surface area contributed by atoms with Crippen LogP contribution < -0.4 is 5.32 Å². The zero-order valence-corrected chi connectivity index (χ0v) is 8.02. The third-order valence-corrected chi connectivity index (χ3v) is 1.80. The smallest absolute Gasteiger partial charge is 0.242 e. The first-order chi connectivity index (χ1) is 6.54. The van der Waals surface area contributed by atoms with Gasteiger partial charge in [0.1, 0.15) is 12.2 Å². The van der Waals surface area contributed by atoms with Gasteiger partial charge < -0.3 is 30.1 Å². The van der Waals surface area contributed by atoms with E-state index in [1.54, 1.807) is 0 Å². The van der Waals surface area contributed by atoms with Gasteiger partial charge in [0.05, 0.1) is 6.61 Å². The first-order valence-electron chi connectivity index (χ1n) is 3.86. The number of amidine groups is 1. The molecule has 0 spiro atoms. The zero-order valence-electron chi connectivity index (χ0n) is 7.12. The molecule has 0 bridgehead atoms. The molecule has 1 saturated heterocycles. The van der Waals surface area contributed by atoms with Crippen LogP contribution in [0.2, 0.25) is 0 Å². The van der Waals surface area contributed by atoms with Crippen molar-refractivity contribution in [3.05, 3.63) is 0 Å². The molecule has 82 valence electrons. The van der Waals surface area contributed by atoms with Crippen LogP contribution in [-0.2, 0) is 9.47 Å². The molecule has 0 amide bonds. The minimum absolute atomic E-state index is 0.213. The average molecular weight is 224 g/mol. The predicted molar refractivity (Wildman–Crippen MR) is 48.7 cm³/mol. The van der Waals surface area contributed by atoms with E-state index in [0.29, 0.717) is 0 Å². The molecule has 1 fully saturated rings. The number of aliphatic hydroxyl groups is 3. The molecular weight excluding hydrogens is 212 g/mol. The van der Waals surface area contributed by atoms with Crippen LogP contribution in [0.3, 0.4) is 0 Å². The monoisotopic (exact) mass is 224 g/mol. The van der Waals surface area contributed by atoms with Crippen LogP contribution in [0.4, 0.5) is 0 Å². The largest absolute Gasteiger partial charge is 0.394 e. The number of ether oxygens (including phenoxy) is 2. The van der Waals surface area contributed by atoms with Gasteiger partial charge in [0.2, 0.25) is 6.41 Å². The van der Waals surface area contributed by atoms with Crippen molar-refractivity contribution in [2.45, 2.75) is 24.9 Å². The van der Waals surface area contributed by atoms with Crippen molar-refractivity contribution >= 4 is 17.8 Å². The Morgan fingerprint density at radius 1 is 1.43 bits per heavy atom. The number of hydrogen-bond acceptors (Lipinski definition) is 6. The van der Waals surface area contributed by atoms with Gasteiger partial charge in [-0.05, 0) is 0 Å². The Bertz CT molecular complexity index is 216. The van der Waals surface area contributed by atoms with E-state index in [2.05, 4.69) is 17.9 Å². The maximum Gasteiger partial charge on any atom is 0.242 e. The minimum atomic E-state index is -1.47. The Morgan fingerprint density at radius 3 is 2.57 bits per heavy atom. The number of hydrogen-bond donors (Lipinski definition) is 6. The van der Waals surface area contributed by atoms with Crippen molar-refractivity contribution in [3.8, 4) is 0 Å². The summed E-state index contributed by atoms with van der Waals surface area (Å²) in [6.07, 6.45) is -4.84. The van der Waals surface area contributed by atoms with E-state index >= 15 is 0 Å². The summed E-state index contributed by atoms with van der Waals surface area (Å²) in [4.78, 5) is 0. The molecule has 0 saturated carbocycles. The Labute approximate surface area is 85.6 Å². The van der Waals surface area contributed by atoms with Gasteiger partial charge in [0.25, 0.3) is 0 Å². The van der Waals surface area contributed by atoms with Gasteiger partial charge in [-0.15, -0.1) is 12.6 Å². The summed E-state index contributed by atoms with van der Waals surface area (Å²) in [5.74, 6) is 0. The van der Waals surface area contributed by atoms with Crippen LogP contribution in [-0.4, -0.2) is 52.0 Å². The van der Waals surface area contributed by atoms with E-state index < -0.39 is 31.5 Å². The molecule has 8 heteroatoms. The van der Waals surface area contributed by atoms with Gasteiger partial charge in [-0.3, -0.25) is 5.41 Å². The van der Waals surface area contributed by atoms with Crippen LogP contribution in [0.15, 0.2) is 0 Å². The minimum Gasteiger partial charge on any atom is -0.394 e. The maximum absolute atomic E-state index is 9.23. The summed E-state index contributed by atoms with van der Waals surface area (Å²) < 4.78 is 9.66. The SMILES string of the molecule is N=C(S)N[C@@H]1OC(O)[C@H](O)C(CO)O1. The van der Waals surface area contributed by atoms with E-state index in [-0.39, 0.29) is 5.17 Å². The summed E-state index contributed by atoms with van der Waals surface area (Å²) in [5.41, 5.74) is 0. The van der Waals surface area contributed by atoms with Crippen molar-refractivity contribution in [3.63, 3.8) is 0 Å². The summed E-state index contributed by atoms with van der Waals surface area (Å²) in [6, 6.07) is 0. The number of nitrogens with one attached hydrogen (secondary N) is 2. The number of thiol groups is 1. The van der Waals surface area contributed by atoms with Crippen molar-refractivity contribution in [1.82, 2.24) is 5.32 Å². The molecule has 7 nitrogen and oxygen atoms in total. The lowest BCUT2D eigenvalue weighted by Crippen LogP contribution is -2.56. The molecule has 1 aliphatic heterocycles. The molecule has 0 aliphatic carbocycles. The van der Waals surface area contributed by atoms with E-state index in [1.165, 1.54) is 0 Å². The number of aliphatic hydroxyl groups excluding tert-OH is 3. The molecule has 14 heavy (non-hydrogen) atoms. The molecule has 0 aromatic carbocycles. The van der Waals surface area contributed by atoms with Crippen molar-refractivity contribution in [2.75, 3.05) is 6.61 Å². The van der Waals surface area contributed by atoms with Crippen LogP contribution in [0.5, 0.6) is 0 Å². The van der Waals surface area contributed by atoms with E-state index in [9.17, 15) is 5.11 Å². The first kappa shape index (κ1) is 11.7. The molecule has 2 unspecified atom stereocenters. The van der Waals surface area contributed by atoms with Gasteiger partial charge in [-0.1, -0.05) is 0 Å². The molecule has 1 rings (SSSR count). The predicted octanol–water partition coefficient (Wildman–Crippen LogP) is -2.19. The van der Waals surface area contributed by atoms with E-state index in [0.717, 1.165) is 0 Å². The van der Waals surface area contributed by atoms with Crippen molar-refractivity contribution in [2.24, 2.45) is 0 Å². The summed E-state index contributed by atoms with van der Waals surface area (Å²) in [5, 5.41) is 36.2.